The van der Waals surface area contributed by atoms with Gasteiger partial charge in [0.15, 0.2) is 0 Å². The molecule has 2 N–H and O–H groups in total. The molecule has 0 spiro atoms. The van der Waals surface area contributed by atoms with E-state index in [1.165, 1.54) is 6.07 Å². The monoisotopic (exact) mass is 328 g/mol. The van der Waals surface area contributed by atoms with Crippen LogP contribution in [0.4, 0.5) is 5.69 Å². The molecule has 0 radical (unpaired) electrons. The lowest BCUT2D eigenvalue weighted by Crippen LogP contribution is -2.30. The summed E-state index contributed by atoms with van der Waals surface area (Å²) in [6.07, 6.45) is 1.59. The summed E-state index contributed by atoms with van der Waals surface area (Å²) in [5.74, 6) is 0.782. The van der Waals surface area contributed by atoms with Crippen LogP contribution in [0.15, 0.2) is 45.9 Å². The number of anilines is 1. The molecule has 0 atom stereocenters. The summed E-state index contributed by atoms with van der Waals surface area (Å²) in [5, 5.41) is 3.29. The lowest BCUT2D eigenvalue weighted by atomic mass is 10.3. The summed E-state index contributed by atoms with van der Waals surface area (Å²) >= 11 is 6.08. The van der Waals surface area contributed by atoms with Gasteiger partial charge in [-0.1, -0.05) is 11.6 Å². The maximum absolute atomic E-state index is 12.1. The Morgan fingerprint density at radius 2 is 2.05 bits per heavy atom. The zero-order chi connectivity index (χ0) is 15.5. The first-order chi connectivity index (χ1) is 9.88. The lowest BCUT2D eigenvalue weighted by molar-refractivity contribution is 0.518. The van der Waals surface area contributed by atoms with Crippen molar-refractivity contribution in [2.75, 3.05) is 5.32 Å². The number of hydrogen-bond acceptors (Lipinski definition) is 4. The molecule has 0 aliphatic heterocycles. The van der Waals surface area contributed by atoms with E-state index >= 15 is 0 Å². The predicted molar refractivity (Wildman–Crippen MR) is 82.9 cm³/mol. The quantitative estimate of drug-likeness (QED) is 0.854. The predicted octanol–water partition coefficient (Wildman–Crippen LogP) is 3.23. The second-order valence-electron chi connectivity index (χ2n) is 4.85. The van der Waals surface area contributed by atoms with Crippen LogP contribution >= 0.6 is 11.6 Å². The minimum atomic E-state index is -3.59. The average molecular weight is 329 g/mol. The van der Waals surface area contributed by atoms with E-state index in [1.807, 2.05) is 6.07 Å². The van der Waals surface area contributed by atoms with Gasteiger partial charge in [-0.05, 0) is 44.2 Å². The Morgan fingerprint density at radius 3 is 2.62 bits per heavy atom. The van der Waals surface area contributed by atoms with Gasteiger partial charge in [0.2, 0.25) is 10.0 Å². The minimum Gasteiger partial charge on any atom is -0.467 e. The maximum atomic E-state index is 12.1. The molecule has 5 nitrogen and oxygen atoms in total. The van der Waals surface area contributed by atoms with Gasteiger partial charge in [-0.15, -0.1) is 0 Å². The summed E-state index contributed by atoms with van der Waals surface area (Å²) in [5.41, 5.74) is 0.722. The Kier molecular flexibility index (Phi) is 4.92. The van der Waals surface area contributed by atoms with Gasteiger partial charge < -0.3 is 9.73 Å². The van der Waals surface area contributed by atoms with Crippen LogP contribution in [0.5, 0.6) is 0 Å². The first kappa shape index (κ1) is 15.9. The second kappa shape index (κ2) is 6.51. The fourth-order valence-corrected chi connectivity index (χ4v) is 3.60. The van der Waals surface area contributed by atoms with Gasteiger partial charge in [0.1, 0.15) is 10.7 Å². The molecule has 1 heterocycles. The van der Waals surface area contributed by atoms with E-state index in [4.69, 9.17) is 16.0 Å². The highest BCUT2D eigenvalue weighted by atomic mass is 35.5. The molecular formula is C14H17ClN2O3S. The van der Waals surface area contributed by atoms with Crippen molar-refractivity contribution < 1.29 is 12.8 Å². The van der Waals surface area contributed by atoms with Crippen LogP contribution in [0.1, 0.15) is 19.6 Å². The van der Waals surface area contributed by atoms with E-state index in [9.17, 15) is 8.42 Å². The molecule has 0 unspecified atom stereocenters. The van der Waals surface area contributed by atoms with Crippen molar-refractivity contribution >= 4 is 27.3 Å². The minimum absolute atomic E-state index is 0.0708. The normalized spacial score (nSPS) is 11.8. The molecule has 1 aromatic heterocycles. The zero-order valence-electron chi connectivity index (χ0n) is 11.8. The molecule has 0 fully saturated rings. The van der Waals surface area contributed by atoms with Crippen molar-refractivity contribution in [1.82, 2.24) is 4.72 Å². The van der Waals surface area contributed by atoms with Gasteiger partial charge in [-0.3, -0.25) is 0 Å². The van der Waals surface area contributed by atoms with E-state index in [0.29, 0.717) is 6.54 Å². The number of sulfonamides is 1. The molecule has 0 bridgehead atoms. The number of furan rings is 1. The van der Waals surface area contributed by atoms with Crippen LogP contribution in [-0.2, 0) is 16.6 Å². The van der Waals surface area contributed by atoms with Gasteiger partial charge in [0, 0.05) is 11.7 Å². The van der Waals surface area contributed by atoms with Crippen molar-refractivity contribution in [2.24, 2.45) is 0 Å². The van der Waals surface area contributed by atoms with E-state index in [-0.39, 0.29) is 16.0 Å². The number of benzene rings is 1. The Bertz CT molecular complexity index is 697. The molecule has 0 aliphatic carbocycles. The summed E-state index contributed by atoms with van der Waals surface area (Å²) in [6.45, 7) is 4.01. The standard InChI is InChI=1S/C14H17ClN2O3S/c1-10(2)17-21(18,19)14-6-5-11(8-13(14)15)16-9-12-4-3-7-20-12/h3-8,10,16-17H,9H2,1-2H3. The highest BCUT2D eigenvalue weighted by Gasteiger charge is 2.19. The first-order valence-corrected chi connectivity index (χ1v) is 8.33. The maximum Gasteiger partial charge on any atom is 0.242 e. The van der Waals surface area contributed by atoms with E-state index in [0.717, 1.165) is 11.4 Å². The third-order valence-electron chi connectivity index (χ3n) is 2.66. The highest BCUT2D eigenvalue weighted by Crippen LogP contribution is 2.25. The van der Waals surface area contributed by atoms with Gasteiger partial charge >= 0.3 is 0 Å². The van der Waals surface area contributed by atoms with Gasteiger partial charge in [-0.2, -0.15) is 0 Å². The largest absolute Gasteiger partial charge is 0.467 e. The molecule has 2 aromatic rings. The van der Waals surface area contributed by atoms with Crippen molar-refractivity contribution in [2.45, 2.75) is 31.3 Å². The number of rotatable bonds is 6. The molecule has 0 saturated heterocycles. The SMILES string of the molecule is CC(C)NS(=O)(=O)c1ccc(NCc2ccco2)cc1Cl. The highest BCUT2D eigenvalue weighted by molar-refractivity contribution is 7.89. The number of nitrogens with one attached hydrogen (secondary N) is 2. The fourth-order valence-electron chi connectivity index (χ4n) is 1.80. The second-order valence-corrected chi connectivity index (χ2v) is 6.94. The van der Waals surface area contributed by atoms with Crippen LogP contribution in [0.25, 0.3) is 0 Å². The molecular weight excluding hydrogens is 312 g/mol. The van der Waals surface area contributed by atoms with Crippen molar-refractivity contribution in [3.8, 4) is 0 Å². The number of hydrogen-bond donors (Lipinski definition) is 2. The smallest absolute Gasteiger partial charge is 0.242 e. The third-order valence-corrected chi connectivity index (χ3v) is 4.80. The molecule has 0 amide bonds. The van der Waals surface area contributed by atoms with Gasteiger partial charge in [-0.25, -0.2) is 13.1 Å². The lowest BCUT2D eigenvalue weighted by Gasteiger charge is -2.12. The zero-order valence-corrected chi connectivity index (χ0v) is 13.3. The third kappa shape index (κ3) is 4.23. The Balaban J connectivity index is 2.14. The average Bonchev–Trinajstić information content (AvgIpc) is 2.87. The van der Waals surface area contributed by atoms with Crippen LogP contribution in [0.2, 0.25) is 5.02 Å². The topological polar surface area (TPSA) is 71.3 Å². The molecule has 114 valence electrons. The summed E-state index contributed by atoms with van der Waals surface area (Å²) in [4.78, 5) is 0.0708. The molecule has 1 aromatic carbocycles. The molecule has 2 rings (SSSR count). The van der Waals surface area contributed by atoms with Crippen LogP contribution in [-0.4, -0.2) is 14.5 Å². The molecule has 0 saturated carbocycles. The Morgan fingerprint density at radius 1 is 1.29 bits per heavy atom. The summed E-state index contributed by atoms with van der Waals surface area (Å²) in [6, 6.07) is 8.19. The van der Waals surface area contributed by atoms with Gasteiger partial charge in [0.25, 0.3) is 0 Å². The van der Waals surface area contributed by atoms with E-state index in [1.54, 1.807) is 38.3 Å². The number of halogens is 1. The van der Waals surface area contributed by atoms with Crippen molar-refractivity contribution in [3.63, 3.8) is 0 Å². The summed E-state index contributed by atoms with van der Waals surface area (Å²) < 4.78 is 31.9. The van der Waals surface area contributed by atoms with E-state index < -0.39 is 10.0 Å². The van der Waals surface area contributed by atoms with Crippen LogP contribution < -0.4 is 10.0 Å². The Labute approximate surface area is 129 Å². The summed E-state index contributed by atoms with van der Waals surface area (Å²) in [7, 11) is -3.59. The first-order valence-electron chi connectivity index (χ1n) is 6.46. The molecule has 21 heavy (non-hydrogen) atoms. The Hall–Kier alpha value is -1.50. The van der Waals surface area contributed by atoms with Crippen molar-refractivity contribution in [3.05, 3.63) is 47.4 Å². The van der Waals surface area contributed by atoms with E-state index in [2.05, 4.69) is 10.0 Å². The van der Waals surface area contributed by atoms with Crippen molar-refractivity contribution in [1.29, 1.82) is 0 Å². The van der Waals surface area contributed by atoms with Crippen LogP contribution in [0.3, 0.4) is 0 Å². The molecule has 0 aliphatic rings. The molecule has 7 heteroatoms. The fraction of sp³-hybridized carbons (Fsp3) is 0.286. The van der Waals surface area contributed by atoms with Gasteiger partial charge in [0.05, 0.1) is 17.8 Å². The van der Waals surface area contributed by atoms with Crippen LogP contribution in [0, 0.1) is 0 Å².